The van der Waals surface area contributed by atoms with Gasteiger partial charge >= 0.3 is 27.7 Å². The summed E-state index contributed by atoms with van der Waals surface area (Å²) in [6.07, 6.45) is -2.31. The van der Waals surface area contributed by atoms with Crippen LogP contribution in [0.3, 0.4) is 0 Å². The molecule has 1 saturated heterocycles. The molecule has 194 valence electrons. The van der Waals surface area contributed by atoms with Gasteiger partial charge in [-0.3, -0.25) is 23.7 Å². The van der Waals surface area contributed by atoms with Crippen molar-refractivity contribution in [3.05, 3.63) is 62.7 Å². The third-order valence-electron chi connectivity index (χ3n) is 4.89. The first-order valence-corrected chi connectivity index (χ1v) is 12.1. The standard InChI is InChI=1S/C21H21FN2O11S/c1-11(25)32-10-17-16(33-12(2)26)8-18(34-17)23-9-14(22)20(28)24(21(23)29)19(27)13-6-4-5-7-15(13)35-36(3,30)31/h4-7,9,16-18H,8,10H2,1-3H3/t16-,17+,18+/m0/s1. The summed E-state index contributed by atoms with van der Waals surface area (Å²) in [5, 5.41) is 0. The predicted octanol–water partition coefficient (Wildman–Crippen LogP) is -0.0417. The average molecular weight is 528 g/mol. The van der Waals surface area contributed by atoms with Crippen LogP contribution in [0.1, 0.15) is 36.9 Å². The van der Waals surface area contributed by atoms with Gasteiger partial charge in [-0.2, -0.15) is 17.4 Å². The number of hydrogen-bond acceptors (Lipinski definition) is 11. The fourth-order valence-corrected chi connectivity index (χ4v) is 3.96. The highest BCUT2D eigenvalue weighted by molar-refractivity contribution is 7.86. The molecule has 1 aromatic carbocycles. The Labute approximate surface area is 203 Å². The summed E-state index contributed by atoms with van der Waals surface area (Å²) in [4.78, 5) is 61.3. The molecule has 0 unspecified atom stereocenters. The Morgan fingerprint density at radius 1 is 1.14 bits per heavy atom. The second kappa shape index (κ2) is 10.4. The molecule has 2 heterocycles. The first kappa shape index (κ1) is 26.7. The van der Waals surface area contributed by atoms with Gasteiger partial charge in [0, 0.05) is 20.3 Å². The van der Waals surface area contributed by atoms with Crippen LogP contribution in [0.15, 0.2) is 40.1 Å². The van der Waals surface area contributed by atoms with Gasteiger partial charge in [-0.25, -0.2) is 4.79 Å². The lowest BCUT2D eigenvalue weighted by atomic mass is 10.2. The van der Waals surface area contributed by atoms with Crippen molar-refractivity contribution in [3.63, 3.8) is 0 Å². The minimum Gasteiger partial charge on any atom is -0.463 e. The third-order valence-corrected chi connectivity index (χ3v) is 5.37. The van der Waals surface area contributed by atoms with Crippen molar-refractivity contribution < 1.29 is 45.6 Å². The molecule has 1 aliphatic rings. The van der Waals surface area contributed by atoms with Crippen molar-refractivity contribution in [2.75, 3.05) is 12.9 Å². The van der Waals surface area contributed by atoms with Crippen molar-refractivity contribution in [1.82, 2.24) is 9.13 Å². The maximum atomic E-state index is 14.6. The molecule has 0 radical (unpaired) electrons. The number of para-hydroxylation sites is 1. The molecule has 0 N–H and O–H groups in total. The predicted molar refractivity (Wildman–Crippen MR) is 117 cm³/mol. The number of halogens is 1. The minimum atomic E-state index is -4.09. The molecule has 0 saturated carbocycles. The number of carbonyl (C=O) groups excluding carboxylic acids is 3. The first-order valence-electron chi connectivity index (χ1n) is 10.3. The molecule has 2 aromatic rings. The van der Waals surface area contributed by atoms with E-state index in [1.165, 1.54) is 12.1 Å². The lowest BCUT2D eigenvalue weighted by Gasteiger charge is -2.18. The van der Waals surface area contributed by atoms with Crippen LogP contribution in [0.2, 0.25) is 0 Å². The summed E-state index contributed by atoms with van der Waals surface area (Å²) >= 11 is 0. The number of nitrogens with zero attached hydrogens (tertiary/aromatic N) is 2. The molecule has 0 amide bonds. The highest BCUT2D eigenvalue weighted by atomic mass is 32.2. The van der Waals surface area contributed by atoms with E-state index < -0.39 is 74.8 Å². The topological polar surface area (TPSA) is 166 Å². The summed E-state index contributed by atoms with van der Waals surface area (Å²) in [6.45, 7) is 1.91. The molecule has 0 aliphatic carbocycles. The van der Waals surface area contributed by atoms with Crippen molar-refractivity contribution in [2.45, 2.75) is 38.7 Å². The summed E-state index contributed by atoms with van der Waals surface area (Å²) < 4.78 is 58.7. The molecular weight excluding hydrogens is 507 g/mol. The second-order valence-corrected chi connectivity index (χ2v) is 9.29. The molecule has 0 spiro atoms. The van der Waals surface area contributed by atoms with Crippen LogP contribution in [-0.2, 0) is 33.9 Å². The molecular formula is C21H21FN2O11S. The fraction of sp³-hybridized carbons (Fsp3) is 0.381. The molecule has 15 heteroatoms. The molecule has 1 aliphatic heterocycles. The summed E-state index contributed by atoms with van der Waals surface area (Å²) in [6, 6.07) is 4.85. The second-order valence-electron chi connectivity index (χ2n) is 7.71. The van der Waals surface area contributed by atoms with Crippen LogP contribution < -0.4 is 15.4 Å². The van der Waals surface area contributed by atoms with E-state index in [0.29, 0.717) is 10.8 Å². The number of esters is 2. The fourth-order valence-electron chi connectivity index (χ4n) is 3.48. The SMILES string of the molecule is CC(=O)OC[C@H]1O[C@@H](n2cc(F)c(=O)n(C(=O)c3ccccc3OS(C)(=O)=O)c2=O)C[C@@H]1OC(C)=O. The molecule has 36 heavy (non-hydrogen) atoms. The van der Waals surface area contributed by atoms with Crippen LogP contribution in [0.25, 0.3) is 0 Å². The first-order chi connectivity index (χ1) is 16.8. The Hall–Kier alpha value is -3.85. The van der Waals surface area contributed by atoms with E-state index in [1.54, 1.807) is 0 Å². The van der Waals surface area contributed by atoms with Crippen LogP contribution in [0, 0.1) is 5.82 Å². The van der Waals surface area contributed by atoms with E-state index in [-0.39, 0.29) is 17.6 Å². The minimum absolute atomic E-state index is 0.0383. The number of rotatable bonds is 7. The molecule has 1 fully saturated rings. The van der Waals surface area contributed by atoms with Gasteiger partial charge in [0.05, 0.1) is 18.0 Å². The number of ether oxygens (including phenoxy) is 3. The number of carbonyl (C=O) groups is 3. The van der Waals surface area contributed by atoms with Crippen molar-refractivity contribution >= 4 is 28.0 Å². The highest BCUT2D eigenvalue weighted by Crippen LogP contribution is 2.30. The van der Waals surface area contributed by atoms with Crippen LogP contribution in [-0.4, -0.2) is 60.5 Å². The average Bonchev–Trinajstić information content (AvgIpc) is 3.15. The lowest BCUT2D eigenvalue weighted by Crippen LogP contribution is -2.46. The Bertz CT molecular complexity index is 1430. The molecule has 1 aromatic heterocycles. The van der Waals surface area contributed by atoms with E-state index in [4.69, 9.17) is 18.4 Å². The molecule has 3 rings (SSSR count). The zero-order chi connectivity index (χ0) is 26.8. The van der Waals surface area contributed by atoms with Crippen molar-refractivity contribution in [2.24, 2.45) is 0 Å². The van der Waals surface area contributed by atoms with Crippen molar-refractivity contribution in [1.29, 1.82) is 0 Å². The number of benzene rings is 1. The number of aromatic nitrogens is 2. The molecule has 0 bridgehead atoms. The van der Waals surface area contributed by atoms with Crippen LogP contribution in [0.5, 0.6) is 5.75 Å². The summed E-state index contributed by atoms with van der Waals surface area (Å²) in [5.74, 6) is -4.69. The van der Waals surface area contributed by atoms with E-state index in [1.807, 2.05) is 0 Å². The molecule has 13 nitrogen and oxygen atoms in total. The summed E-state index contributed by atoms with van der Waals surface area (Å²) in [7, 11) is -4.09. The van der Waals surface area contributed by atoms with Gasteiger partial charge in [-0.05, 0) is 12.1 Å². The van der Waals surface area contributed by atoms with Gasteiger partial charge in [0.1, 0.15) is 25.0 Å². The number of hydrogen-bond donors (Lipinski definition) is 0. The normalized spacial score (nSPS) is 19.5. The zero-order valence-electron chi connectivity index (χ0n) is 19.2. The third kappa shape index (κ3) is 6.04. The van der Waals surface area contributed by atoms with Gasteiger partial charge in [0.15, 0.2) is 5.75 Å². The highest BCUT2D eigenvalue weighted by Gasteiger charge is 2.40. The monoisotopic (exact) mass is 528 g/mol. The van der Waals surface area contributed by atoms with E-state index >= 15 is 0 Å². The maximum absolute atomic E-state index is 14.6. The Morgan fingerprint density at radius 3 is 2.42 bits per heavy atom. The van der Waals surface area contributed by atoms with E-state index in [0.717, 1.165) is 32.2 Å². The van der Waals surface area contributed by atoms with Crippen molar-refractivity contribution in [3.8, 4) is 5.75 Å². The zero-order valence-corrected chi connectivity index (χ0v) is 20.0. The van der Waals surface area contributed by atoms with Gasteiger partial charge < -0.3 is 18.4 Å². The quantitative estimate of drug-likeness (QED) is 0.349. The van der Waals surface area contributed by atoms with Crippen LogP contribution in [0.4, 0.5) is 4.39 Å². The van der Waals surface area contributed by atoms with Gasteiger partial charge in [0.25, 0.3) is 11.5 Å². The van der Waals surface area contributed by atoms with E-state index in [9.17, 15) is 36.8 Å². The Kier molecular flexibility index (Phi) is 7.74. The lowest BCUT2D eigenvalue weighted by molar-refractivity contribution is -0.155. The molecule has 3 atom stereocenters. The van der Waals surface area contributed by atoms with Gasteiger partial charge in [-0.15, -0.1) is 0 Å². The maximum Gasteiger partial charge on any atom is 0.340 e. The van der Waals surface area contributed by atoms with Crippen LogP contribution >= 0.6 is 0 Å². The Balaban J connectivity index is 2.05. The van der Waals surface area contributed by atoms with E-state index in [2.05, 4.69) is 0 Å². The Morgan fingerprint density at radius 2 is 1.81 bits per heavy atom. The smallest absolute Gasteiger partial charge is 0.340 e. The summed E-state index contributed by atoms with van der Waals surface area (Å²) in [5.41, 5.74) is -3.42. The van der Waals surface area contributed by atoms with Gasteiger partial charge in [-0.1, -0.05) is 12.1 Å². The largest absolute Gasteiger partial charge is 0.463 e. The van der Waals surface area contributed by atoms with Gasteiger partial charge in [0.2, 0.25) is 5.82 Å².